The number of aromatic nitrogens is 1. The zero-order chi connectivity index (χ0) is 20.1. The van der Waals surface area contributed by atoms with E-state index in [9.17, 15) is 4.79 Å². The number of carbonyl (C=O) groups is 1. The molecular formula is C25H35N3O. The molecule has 4 nitrogen and oxygen atoms in total. The van der Waals surface area contributed by atoms with Crippen LogP contribution >= 0.6 is 0 Å². The predicted molar refractivity (Wildman–Crippen MR) is 116 cm³/mol. The van der Waals surface area contributed by atoms with Crippen LogP contribution in [0.15, 0.2) is 24.5 Å². The normalized spacial score (nSPS) is 29.2. The molecule has 1 aromatic heterocycles. The van der Waals surface area contributed by atoms with E-state index in [4.69, 9.17) is 0 Å². The number of nitrogens with one attached hydrogen (secondary N) is 1. The molecule has 0 spiro atoms. The van der Waals surface area contributed by atoms with Gasteiger partial charge in [0.05, 0.1) is 6.54 Å². The first-order valence-corrected chi connectivity index (χ1v) is 11.5. The van der Waals surface area contributed by atoms with Gasteiger partial charge in [0.1, 0.15) is 0 Å². The molecule has 0 unspecified atom stereocenters. The molecule has 0 atom stereocenters. The van der Waals surface area contributed by atoms with Crippen LogP contribution in [0.1, 0.15) is 63.9 Å². The summed E-state index contributed by atoms with van der Waals surface area (Å²) in [4.78, 5) is 18.8. The SMILES string of the molecule is CC#CCN(CCC12CC3CC(CC(C3)C1)C2)C(=O)NCCCc1ccncc1. The molecule has 4 fully saturated rings. The van der Waals surface area contributed by atoms with Gasteiger partial charge in [-0.2, -0.15) is 0 Å². The Morgan fingerprint density at radius 1 is 1.17 bits per heavy atom. The maximum Gasteiger partial charge on any atom is 0.318 e. The maximum atomic E-state index is 12.8. The fourth-order valence-electron chi connectivity index (χ4n) is 6.54. The lowest BCUT2D eigenvalue weighted by atomic mass is 9.49. The number of aryl methyl sites for hydroxylation is 1. The van der Waals surface area contributed by atoms with Gasteiger partial charge >= 0.3 is 6.03 Å². The molecule has 4 heteroatoms. The first-order valence-electron chi connectivity index (χ1n) is 11.5. The van der Waals surface area contributed by atoms with E-state index in [0.717, 1.165) is 43.6 Å². The summed E-state index contributed by atoms with van der Waals surface area (Å²) in [5, 5.41) is 3.12. The summed E-state index contributed by atoms with van der Waals surface area (Å²) in [5.74, 6) is 8.97. The quantitative estimate of drug-likeness (QED) is 0.516. The Labute approximate surface area is 175 Å². The highest BCUT2D eigenvalue weighted by atomic mass is 16.2. The highest BCUT2D eigenvalue weighted by Crippen LogP contribution is 2.61. The van der Waals surface area contributed by atoms with Crippen molar-refractivity contribution in [2.75, 3.05) is 19.6 Å². The van der Waals surface area contributed by atoms with Crippen LogP contribution in [-0.2, 0) is 6.42 Å². The third-order valence-electron chi connectivity index (χ3n) is 7.48. The van der Waals surface area contributed by atoms with Crippen molar-refractivity contribution >= 4 is 6.03 Å². The van der Waals surface area contributed by atoms with Crippen molar-refractivity contribution in [2.45, 2.75) is 64.7 Å². The molecular weight excluding hydrogens is 358 g/mol. The highest BCUT2D eigenvalue weighted by Gasteiger charge is 2.50. The Kier molecular flexibility index (Phi) is 6.43. The zero-order valence-electron chi connectivity index (χ0n) is 17.8. The number of carbonyl (C=O) groups excluding carboxylic acids is 1. The fraction of sp³-hybridized carbons (Fsp3) is 0.680. The second kappa shape index (κ2) is 9.20. The van der Waals surface area contributed by atoms with Gasteiger partial charge in [0.2, 0.25) is 0 Å². The number of pyridine rings is 1. The van der Waals surface area contributed by atoms with E-state index in [-0.39, 0.29) is 6.03 Å². The molecule has 0 radical (unpaired) electrons. The number of rotatable bonds is 8. The Morgan fingerprint density at radius 2 is 1.83 bits per heavy atom. The summed E-state index contributed by atoms with van der Waals surface area (Å²) >= 11 is 0. The monoisotopic (exact) mass is 393 g/mol. The van der Waals surface area contributed by atoms with Gasteiger partial charge in [0, 0.05) is 25.5 Å². The van der Waals surface area contributed by atoms with Gasteiger partial charge in [-0.05, 0) is 106 Å². The Morgan fingerprint density at radius 3 is 2.45 bits per heavy atom. The van der Waals surface area contributed by atoms with Gasteiger partial charge in [-0.3, -0.25) is 4.98 Å². The molecule has 0 aromatic carbocycles. The summed E-state index contributed by atoms with van der Waals surface area (Å²) in [6, 6.07) is 4.12. The van der Waals surface area contributed by atoms with E-state index in [1.807, 2.05) is 36.4 Å². The van der Waals surface area contributed by atoms with Crippen LogP contribution in [0.25, 0.3) is 0 Å². The van der Waals surface area contributed by atoms with E-state index in [1.54, 1.807) is 0 Å². The third-order valence-corrected chi connectivity index (χ3v) is 7.48. The number of nitrogens with zero attached hydrogens (tertiary/aromatic N) is 2. The molecule has 0 aliphatic heterocycles. The van der Waals surface area contributed by atoms with E-state index < -0.39 is 0 Å². The van der Waals surface area contributed by atoms with Crippen LogP contribution in [0.2, 0.25) is 0 Å². The van der Waals surface area contributed by atoms with Crippen molar-refractivity contribution in [2.24, 2.45) is 23.2 Å². The van der Waals surface area contributed by atoms with Crippen molar-refractivity contribution in [3.8, 4) is 11.8 Å². The zero-order valence-corrected chi connectivity index (χ0v) is 17.8. The van der Waals surface area contributed by atoms with Gasteiger partial charge < -0.3 is 10.2 Å². The van der Waals surface area contributed by atoms with Crippen LogP contribution in [0.4, 0.5) is 4.79 Å². The van der Waals surface area contributed by atoms with E-state index >= 15 is 0 Å². The minimum Gasteiger partial charge on any atom is -0.338 e. The van der Waals surface area contributed by atoms with E-state index in [2.05, 4.69) is 22.1 Å². The van der Waals surface area contributed by atoms with Gasteiger partial charge in [-0.15, -0.1) is 5.92 Å². The average molecular weight is 394 g/mol. The summed E-state index contributed by atoms with van der Waals surface area (Å²) in [6.07, 6.45) is 15.3. The van der Waals surface area contributed by atoms with E-state index in [1.165, 1.54) is 44.1 Å². The molecule has 4 aliphatic carbocycles. The molecule has 29 heavy (non-hydrogen) atoms. The molecule has 2 amide bonds. The standard InChI is InChI=1S/C25H35N3O/c1-2-3-12-28(24(29)27-9-4-5-20-6-10-26-11-7-20)13-8-25-17-21-14-22(18-25)16-23(15-21)19-25/h6-7,10-11,21-23H,4-5,8-9,12-19H2,1H3,(H,27,29). The van der Waals surface area contributed by atoms with Gasteiger partial charge in [0.15, 0.2) is 0 Å². The predicted octanol–water partition coefficient (Wildman–Crippen LogP) is 4.66. The molecule has 4 bridgehead atoms. The summed E-state index contributed by atoms with van der Waals surface area (Å²) < 4.78 is 0. The molecule has 1 aromatic rings. The lowest BCUT2D eigenvalue weighted by Crippen LogP contribution is -2.48. The second-order valence-corrected chi connectivity index (χ2v) is 9.71. The Hall–Kier alpha value is -2.02. The highest BCUT2D eigenvalue weighted by molar-refractivity contribution is 5.74. The number of hydrogen-bond acceptors (Lipinski definition) is 2. The van der Waals surface area contributed by atoms with Crippen LogP contribution in [0.3, 0.4) is 0 Å². The Bertz CT molecular complexity index is 713. The number of amides is 2. The third kappa shape index (κ3) is 5.13. The fourth-order valence-corrected chi connectivity index (χ4v) is 6.54. The molecule has 1 N–H and O–H groups in total. The molecule has 156 valence electrons. The van der Waals surface area contributed by atoms with Crippen LogP contribution < -0.4 is 5.32 Å². The van der Waals surface area contributed by atoms with Crippen molar-refractivity contribution in [3.63, 3.8) is 0 Å². The lowest BCUT2D eigenvalue weighted by Gasteiger charge is -2.57. The lowest BCUT2D eigenvalue weighted by molar-refractivity contribution is -0.0593. The molecule has 5 rings (SSSR count). The van der Waals surface area contributed by atoms with Crippen molar-refractivity contribution < 1.29 is 4.79 Å². The van der Waals surface area contributed by atoms with Crippen LogP contribution in [0.5, 0.6) is 0 Å². The summed E-state index contributed by atoms with van der Waals surface area (Å²) in [5.41, 5.74) is 1.78. The van der Waals surface area contributed by atoms with Crippen molar-refractivity contribution in [3.05, 3.63) is 30.1 Å². The molecule has 1 heterocycles. The number of urea groups is 1. The smallest absolute Gasteiger partial charge is 0.318 e. The van der Waals surface area contributed by atoms with Crippen molar-refractivity contribution in [1.82, 2.24) is 15.2 Å². The summed E-state index contributed by atoms with van der Waals surface area (Å²) in [6.45, 7) is 3.94. The van der Waals surface area contributed by atoms with Gasteiger partial charge in [-0.25, -0.2) is 4.79 Å². The summed E-state index contributed by atoms with van der Waals surface area (Å²) in [7, 11) is 0. The van der Waals surface area contributed by atoms with Crippen molar-refractivity contribution in [1.29, 1.82) is 0 Å². The minimum absolute atomic E-state index is 0.0483. The second-order valence-electron chi connectivity index (χ2n) is 9.71. The largest absolute Gasteiger partial charge is 0.338 e. The number of hydrogen-bond donors (Lipinski definition) is 1. The van der Waals surface area contributed by atoms with Gasteiger partial charge in [0.25, 0.3) is 0 Å². The maximum absolute atomic E-state index is 12.8. The van der Waals surface area contributed by atoms with Crippen LogP contribution in [0, 0.1) is 35.0 Å². The molecule has 4 aliphatic rings. The average Bonchev–Trinajstić information content (AvgIpc) is 2.71. The first-order chi connectivity index (χ1) is 14.2. The van der Waals surface area contributed by atoms with Gasteiger partial charge in [-0.1, -0.05) is 5.92 Å². The molecule has 4 saturated carbocycles. The topological polar surface area (TPSA) is 45.2 Å². The first kappa shape index (κ1) is 20.3. The van der Waals surface area contributed by atoms with E-state index in [0.29, 0.717) is 18.5 Å². The minimum atomic E-state index is 0.0483. The Balaban J connectivity index is 1.26. The van der Waals surface area contributed by atoms with Crippen LogP contribution in [-0.4, -0.2) is 35.5 Å². The molecule has 0 saturated heterocycles.